The zero-order valence-electron chi connectivity index (χ0n) is 11.5. The summed E-state index contributed by atoms with van der Waals surface area (Å²) in [5.41, 5.74) is 1.25. The second kappa shape index (κ2) is 5.61. The van der Waals surface area contributed by atoms with Gasteiger partial charge in [0, 0.05) is 43.4 Å². The van der Waals surface area contributed by atoms with Gasteiger partial charge in [0.1, 0.15) is 10.7 Å². The van der Waals surface area contributed by atoms with Crippen molar-refractivity contribution >= 4 is 23.2 Å². The molecule has 3 heterocycles. The van der Waals surface area contributed by atoms with Gasteiger partial charge in [-0.25, -0.2) is 9.99 Å². The molecule has 3 rings (SSSR count). The molecule has 2 amide bonds. The molecular formula is C14H14N4O2S. The number of carbonyl (C=O) groups excluding carboxylic acids is 2. The van der Waals surface area contributed by atoms with Gasteiger partial charge in [-0.05, 0) is 18.6 Å². The highest BCUT2D eigenvalue weighted by molar-refractivity contribution is 7.13. The highest BCUT2D eigenvalue weighted by Crippen LogP contribution is 2.24. The Balaban J connectivity index is 1.83. The largest absolute Gasteiger partial charge is 0.291 e. The Morgan fingerprint density at radius 3 is 2.81 bits per heavy atom. The lowest BCUT2D eigenvalue weighted by Gasteiger charge is -2.25. The third-order valence-corrected chi connectivity index (χ3v) is 4.15. The van der Waals surface area contributed by atoms with Gasteiger partial charge >= 0.3 is 0 Å². The summed E-state index contributed by atoms with van der Waals surface area (Å²) < 4.78 is 0. The lowest BCUT2D eigenvalue weighted by Crippen LogP contribution is -2.43. The Morgan fingerprint density at radius 2 is 2.10 bits per heavy atom. The minimum Gasteiger partial charge on any atom is -0.273 e. The molecule has 1 saturated heterocycles. The van der Waals surface area contributed by atoms with Crippen molar-refractivity contribution in [1.29, 1.82) is 0 Å². The van der Waals surface area contributed by atoms with Crippen molar-refractivity contribution in [3.05, 3.63) is 35.6 Å². The van der Waals surface area contributed by atoms with E-state index >= 15 is 0 Å². The van der Waals surface area contributed by atoms with E-state index in [4.69, 9.17) is 0 Å². The van der Waals surface area contributed by atoms with Crippen molar-refractivity contribution in [3.63, 3.8) is 0 Å². The van der Waals surface area contributed by atoms with Crippen LogP contribution in [0.4, 0.5) is 0 Å². The van der Waals surface area contributed by atoms with E-state index < -0.39 is 0 Å². The molecule has 0 saturated carbocycles. The van der Waals surface area contributed by atoms with Gasteiger partial charge in [-0.2, -0.15) is 0 Å². The Kier molecular flexibility index (Phi) is 3.66. The molecule has 0 aliphatic carbocycles. The second-order valence-corrected chi connectivity index (χ2v) is 5.56. The predicted molar refractivity (Wildman–Crippen MR) is 78.4 cm³/mol. The van der Waals surface area contributed by atoms with Crippen LogP contribution in [0.1, 0.15) is 23.8 Å². The number of aromatic nitrogens is 2. The summed E-state index contributed by atoms with van der Waals surface area (Å²) in [6, 6.07) is 3.73. The van der Waals surface area contributed by atoms with Crippen molar-refractivity contribution in [2.24, 2.45) is 0 Å². The number of hydrazine groups is 1. The van der Waals surface area contributed by atoms with E-state index in [1.165, 1.54) is 28.3 Å². The maximum absolute atomic E-state index is 12.5. The topological polar surface area (TPSA) is 66.4 Å². The van der Waals surface area contributed by atoms with Crippen molar-refractivity contribution < 1.29 is 9.59 Å². The quantitative estimate of drug-likeness (QED) is 0.848. The Bertz CT molecular complexity index is 671. The third kappa shape index (κ3) is 2.64. The number of hydrogen-bond acceptors (Lipinski definition) is 5. The van der Waals surface area contributed by atoms with Crippen LogP contribution in [-0.4, -0.2) is 44.9 Å². The van der Waals surface area contributed by atoms with Crippen LogP contribution in [0.2, 0.25) is 0 Å². The van der Waals surface area contributed by atoms with Gasteiger partial charge in [-0.15, -0.1) is 11.3 Å². The highest BCUT2D eigenvalue weighted by Gasteiger charge is 2.30. The average Bonchev–Trinajstić information content (AvgIpc) is 3.17. The van der Waals surface area contributed by atoms with Gasteiger partial charge in [-0.1, -0.05) is 0 Å². The molecule has 0 bridgehead atoms. The van der Waals surface area contributed by atoms with Gasteiger partial charge in [0.15, 0.2) is 0 Å². The molecule has 0 radical (unpaired) electrons. The van der Waals surface area contributed by atoms with E-state index in [2.05, 4.69) is 9.97 Å². The molecule has 0 aromatic carbocycles. The highest BCUT2D eigenvalue weighted by atomic mass is 32.1. The van der Waals surface area contributed by atoms with Crippen LogP contribution in [0.5, 0.6) is 0 Å². The average molecular weight is 302 g/mol. The van der Waals surface area contributed by atoms with Crippen LogP contribution in [-0.2, 0) is 4.79 Å². The fourth-order valence-electron chi connectivity index (χ4n) is 2.28. The Hall–Kier alpha value is -2.28. The summed E-state index contributed by atoms with van der Waals surface area (Å²) in [7, 11) is 0. The first kappa shape index (κ1) is 13.7. The minimum atomic E-state index is -0.228. The zero-order chi connectivity index (χ0) is 14.8. The smallest absolute Gasteiger partial charge is 0.273 e. The summed E-state index contributed by atoms with van der Waals surface area (Å²) in [6.07, 6.45) is 4.20. The number of pyridine rings is 1. The van der Waals surface area contributed by atoms with Gasteiger partial charge in [0.05, 0.1) is 0 Å². The summed E-state index contributed by atoms with van der Waals surface area (Å²) in [5.74, 6) is -0.349. The first-order valence-electron chi connectivity index (χ1n) is 6.62. The zero-order valence-corrected chi connectivity index (χ0v) is 12.3. The van der Waals surface area contributed by atoms with Crippen LogP contribution in [0.3, 0.4) is 0 Å². The second-order valence-electron chi connectivity index (χ2n) is 4.70. The number of rotatable bonds is 2. The summed E-state index contributed by atoms with van der Waals surface area (Å²) in [4.78, 5) is 32.4. The lowest BCUT2D eigenvalue weighted by atomic mass is 10.3. The number of nitrogens with zero attached hydrogens (tertiary/aromatic N) is 4. The van der Waals surface area contributed by atoms with E-state index in [0.29, 0.717) is 18.8 Å². The molecule has 7 heteroatoms. The van der Waals surface area contributed by atoms with Crippen molar-refractivity contribution in [3.8, 4) is 10.6 Å². The minimum absolute atomic E-state index is 0.122. The predicted octanol–water partition coefficient (Wildman–Crippen LogP) is 1.81. The number of amides is 2. The number of thiazole rings is 1. The van der Waals surface area contributed by atoms with Crippen molar-refractivity contribution in [2.45, 2.75) is 13.3 Å². The fraction of sp³-hybridized carbons (Fsp3) is 0.286. The summed E-state index contributed by atoms with van der Waals surface area (Å²) in [5, 5.41) is 5.43. The van der Waals surface area contributed by atoms with E-state index in [1.54, 1.807) is 17.8 Å². The summed E-state index contributed by atoms with van der Waals surface area (Å²) in [6.45, 7) is 2.60. The molecule has 1 fully saturated rings. The fourth-order valence-corrected chi connectivity index (χ4v) is 3.06. The first-order valence-corrected chi connectivity index (χ1v) is 7.50. The van der Waals surface area contributed by atoms with Gasteiger partial charge in [0.2, 0.25) is 5.91 Å². The molecule has 1 aliphatic rings. The van der Waals surface area contributed by atoms with E-state index in [-0.39, 0.29) is 11.8 Å². The molecule has 0 unspecified atom stereocenters. The van der Waals surface area contributed by atoms with Crippen molar-refractivity contribution in [2.75, 3.05) is 13.1 Å². The first-order chi connectivity index (χ1) is 10.2. The van der Waals surface area contributed by atoms with Crippen LogP contribution in [0.15, 0.2) is 29.9 Å². The van der Waals surface area contributed by atoms with Gasteiger partial charge in [-0.3, -0.25) is 19.6 Å². The maximum atomic E-state index is 12.5. The molecule has 1 aliphatic heterocycles. The lowest BCUT2D eigenvalue weighted by molar-refractivity contribution is -0.138. The van der Waals surface area contributed by atoms with Crippen LogP contribution >= 0.6 is 11.3 Å². The molecule has 108 valence electrons. The molecule has 0 N–H and O–H groups in total. The summed E-state index contributed by atoms with van der Waals surface area (Å²) >= 11 is 1.40. The molecule has 6 nitrogen and oxygen atoms in total. The van der Waals surface area contributed by atoms with Gasteiger partial charge in [0.25, 0.3) is 5.91 Å². The maximum Gasteiger partial charge on any atom is 0.291 e. The normalized spacial score (nSPS) is 14.5. The monoisotopic (exact) mass is 302 g/mol. The van der Waals surface area contributed by atoms with E-state index in [1.807, 2.05) is 12.1 Å². The van der Waals surface area contributed by atoms with Crippen LogP contribution in [0.25, 0.3) is 10.6 Å². The Morgan fingerprint density at radius 1 is 1.29 bits per heavy atom. The molecule has 2 aromatic rings. The Labute approximate surface area is 126 Å². The van der Waals surface area contributed by atoms with E-state index in [9.17, 15) is 9.59 Å². The molecule has 0 atom stereocenters. The number of carbonyl (C=O) groups is 2. The van der Waals surface area contributed by atoms with Crippen molar-refractivity contribution in [1.82, 2.24) is 20.0 Å². The third-order valence-electron chi connectivity index (χ3n) is 3.26. The standard InChI is InChI=1S/C14H14N4O2S/c1-10(19)17-6-3-7-18(17)14(20)12-9-21-13(16-12)11-4-2-5-15-8-11/h2,4-5,8-9H,3,6-7H2,1H3. The molecule has 0 spiro atoms. The van der Waals surface area contributed by atoms with Crippen LogP contribution < -0.4 is 0 Å². The van der Waals surface area contributed by atoms with E-state index in [0.717, 1.165) is 17.0 Å². The SMILES string of the molecule is CC(=O)N1CCCN1C(=O)c1csc(-c2cccnc2)n1. The molecule has 21 heavy (non-hydrogen) atoms. The number of hydrogen-bond donors (Lipinski definition) is 0. The van der Waals surface area contributed by atoms with Crippen LogP contribution in [0, 0.1) is 0 Å². The molecular weight excluding hydrogens is 288 g/mol. The molecule has 2 aromatic heterocycles. The van der Waals surface area contributed by atoms with Gasteiger partial charge < -0.3 is 0 Å².